The van der Waals surface area contributed by atoms with Crippen LogP contribution in [-0.4, -0.2) is 32.4 Å². The number of nitrogens with zero attached hydrogens (tertiary/aromatic N) is 1. The van der Waals surface area contributed by atoms with E-state index in [0.717, 1.165) is 10.9 Å². The molecule has 1 fully saturated rings. The third kappa shape index (κ3) is 4.09. The van der Waals surface area contributed by atoms with Gasteiger partial charge in [-0.15, -0.1) is 11.3 Å². The van der Waals surface area contributed by atoms with Crippen LogP contribution in [0.5, 0.6) is 11.5 Å². The number of hydrogen-bond acceptors (Lipinski definition) is 5. The van der Waals surface area contributed by atoms with Crippen LogP contribution in [0, 0.1) is 0 Å². The minimum absolute atomic E-state index is 0.253. The molecule has 1 aromatic heterocycles. The van der Waals surface area contributed by atoms with Gasteiger partial charge in [0.15, 0.2) is 0 Å². The van der Waals surface area contributed by atoms with E-state index in [2.05, 4.69) is 17.5 Å². The van der Waals surface area contributed by atoms with Crippen molar-refractivity contribution >= 4 is 31.4 Å². The molecule has 0 unspecified atom stereocenters. The maximum atomic E-state index is 13.3. The van der Waals surface area contributed by atoms with Crippen LogP contribution in [0.15, 0.2) is 89.1 Å². The maximum Gasteiger partial charge on any atom is 0.243 e. The molecule has 7 heteroatoms. The van der Waals surface area contributed by atoms with Crippen molar-refractivity contribution < 1.29 is 17.9 Å². The molecule has 1 saturated heterocycles. The van der Waals surface area contributed by atoms with E-state index < -0.39 is 10.0 Å². The molecule has 5 nitrogen and oxygen atoms in total. The molecule has 0 saturated carbocycles. The van der Waals surface area contributed by atoms with Gasteiger partial charge in [0.1, 0.15) is 11.5 Å². The smallest absolute Gasteiger partial charge is 0.243 e. The van der Waals surface area contributed by atoms with Gasteiger partial charge in [0.2, 0.25) is 10.0 Å². The first-order valence-corrected chi connectivity index (χ1v) is 12.3. The van der Waals surface area contributed by atoms with Gasteiger partial charge in [0.05, 0.1) is 17.6 Å². The predicted octanol–water partition coefficient (Wildman–Crippen LogP) is 5.46. The van der Waals surface area contributed by atoms with Gasteiger partial charge in [-0.25, -0.2) is 8.42 Å². The van der Waals surface area contributed by atoms with Crippen LogP contribution in [0.2, 0.25) is 0 Å². The van der Waals surface area contributed by atoms with Crippen molar-refractivity contribution in [1.82, 2.24) is 4.31 Å². The third-order valence-corrected chi connectivity index (χ3v) is 8.19. The normalized spacial score (nSPS) is 17.6. The van der Waals surface area contributed by atoms with Gasteiger partial charge in [-0.3, -0.25) is 0 Å². The van der Waals surface area contributed by atoms with E-state index in [1.165, 1.54) is 9.01 Å². The Kier molecular flexibility index (Phi) is 5.50. The third-order valence-electron chi connectivity index (χ3n) is 5.33. The second-order valence-electron chi connectivity index (χ2n) is 7.30. The number of hydrogen-bond donors (Lipinski definition) is 0. The lowest BCUT2D eigenvalue weighted by atomic mass is 10.1. The summed E-state index contributed by atoms with van der Waals surface area (Å²) in [5.74, 6) is 1.30. The summed E-state index contributed by atoms with van der Waals surface area (Å²) in [5.41, 5.74) is 1.05. The zero-order chi connectivity index (χ0) is 21.3. The predicted molar refractivity (Wildman–Crippen MR) is 122 cm³/mol. The Labute approximate surface area is 185 Å². The summed E-state index contributed by atoms with van der Waals surface area (Å²) in [6, 6.07) is 24.1. The Balaban J connectivity index is 1.35. The summed E-state index contributed by atoms with van der Waals surface area (Å²) in [5, 5.41) is 3.19. The van der Waals surface area contributed by atoms with Crippen molar-refractivity contribution in [3.05, 3.63) is 89.8 Å². The maximum absolute atomic E-state index is 13.3. The van der Waals surface area contributed by atoms with Gasteiger partial charge >= 0.3 is 0 Å². The zero-order valence-electron chi connectivity index (χ0n) is 16.7. The fraction of sp³-hybridized carbons (Fsp3) is 0.167. The molecule has 4 aromatic rings. The van der Waals surface area contributed by atoms with Crippen LogP contribution in [0.1, 0.15) is 11.7 Å². The second kappa shape index (κ2) is 8.43. The molecule has 1 atom stereocenters. The number of rotatable bonds is 5. The molecule has 1 aliphatic rings. The second-order valence-corrected chi connectivity index (χ2v) is 10.1. The Bertz CT molecular complexity index is 1280. The number of benzene rings is 3. The first-order chi connectivity index (χ1) is 15.1. The van der Waals surface area contributed by atoms with E-state index in [9.17, 15) is 8.42 Å². The molecule has 31 heavy (non-hydrogen) atoms. The molecular formula is C24H21NO4S2. The van der Waals surface area contributed by atoms with Gasteiger partial charge < -0.3 is 9.47 Å². The first-order valence-electron chi connectivity index (χ1n) is 10.0. The van der Waals surface area contributed by atoms with Crippen LogP contribution < -0.4 is 4.74 Å². The van der Waals surface area contributed by atoms with Crippen LogP contribution >= 0.6 is 11.3 Å². The van der Waals surface area contributed by atoms with Crippen LogP contribution in [0.4, 0.5) is 0 Å². The Morgan fingerprint density at radius 1 is 0.903 bits per heavy atom. The lowest BCUT2D eigenvalue weighted by Gasteiger charge is -2.32. The first kappa shape index (κ1) is 20.2. The molecule has 0 radical (unpaired) electrons. The molecule has 5 rings (SSSR count). The molecule has 0 amide bonds. The highest BCUT2D eigenvalue weighted by atomic mass is 32.2. The number of fused-ring (bicyclic) bond motifs is 1. The highest BCUT2D eigenvalue weighted by molar-refractivity contribution is 7.89. The van der Waals surface area contributed by atoms with Gasteiger partial charge in [-0.1, -0.05) is 36.4 Å². The number of ether oxygens (including phenoxy) is 2. The summed E-state index contributed by atoms with van der Waals surface area (Å²) in [6.45, 7) is 0.998. The number of morpholine rings is 1. The molecule has 3 aromatic carbocycles. The molecular weight excluding hydrogens is 430 g/mol. The molecule has 1 aliphatic heterocycles. The fourth-order valence-corrected chi connectivity index (χ4v) is 6.16. The van der Waals surface area contributed by atoms with Crippen LogP contribution in [0.25, 0.3) is 10.1 Å². The fourth-order valence-electron chi connectivity index (χ4n) is 3.73. The number of sulfonamides is 1. The van der Waals surface area contributed by atoms with E-state index >= 15 is 0 Å². The molecule has 0 N–H and O–H groups in total. The van der Waals surface area contributed by atoms with E-state index in [0.29, 0.717) is 31.2 Å². The van der Waals surface area contributed by atoms with Gasteiger partial charge in [0, 0.05) is 23.4 Å². The highest BCUT2D eigenvalue weighted by Crippen LogP contribution is 2.35. The summed E-state index contributed by atoms with van der Waals surface area (Å²) in [4.78, 5) is 0.253. The van der Waals surface area contributed by atoms with Crippen molar-refractivity contribution in [2.75, 3.05) is 19.7 Å². The van der Waals surface area contributed by atoms with Gasteiger partial charge in [-0.2, -0.15) is 4.31 Å². The number of thiophene rings is 1. The molecule has 0 aliphatic carbocycles. The van der Waals surface area contributed by atoms with Crippen molar-refractivity contribution in [3.8, 4) is 11.5 Å². The molecule has 2 heterocycles. The lowest BCUT2D eigenvalue weighted by Crippen LogP contribution is -2.42. The summed E-state index contributed by atoms with van der Waals surface area (Å²) in [6.07, 6.45) is -0.277. The largest absolute Gasteiger partial charge is 0.457 e. The SMILES string of the molecule is O=S(=O)(c1ccc(Oc2ccccc2)cc1)N1CCO[C@H](c2csc3ccccc23)C1. The Morgan fingerprint density at radius 2 is 1.61 bits per heavy atom. The molecule has 0 spiro atoms. The highest BCUT2D eigenvalue weighted by Gasteiger charge is 2.32. The minimum atomic E-state index is -3.63. The number of para-hydroxylation sites is 1. The van der Waals surface area contributed by atoms with Crippen molar-refractivity contribution in [2.24, 2.45) is 0 Å². The monoisotopic (exact) mass is 451 g/mol. The van der Waals surface area contributed by atoms with Crippen molar-refractivity contribution in [2.45, 2.75) is 11.0 Å². The van der Waals surface area contributed by atoms with Crippen LogP contribution in [0.3, 0.4) is 0 Å². The minimum Gasteiger partial charge on any atom is -0.457 e. The lowest BCUT2D eigenvalue weighted by molar-refractivity contribution is -0.00154. The Hall–Kier alpha value is -2.71. The quantitative estimate of drug-likeness (QED) is 0.405. The summed E-state index contributed by atoms with van der Waals surface area (Å²) in [7, 11) is -3.63. The summed E-state index contributed by atoms with van der Waals surface area (Å²) < 4.78 is 41.0. The molecule has 0 bridgehead atoms. The topological polar surface area (TPSA) is 55.8 Å². The van der Waals surface area contributed by atoms with Gasteiger partial charge in [-0.05, 0) is 53.2 Å². The van der Waals surface area contributed by atoms with Gasteiger partial charge in [0.25, 0.3) is 0 Å². The Morgan fingerprint density at radius 3 is 2.42 bits per heavy atom. The van der Waals surface area contributed by atoms with Crippen molar-refractivity contribution in [3.63, 3.8) is 0 Å². The van der Waals surface area contributed by atoms with Crippen LogP contribution in [-0.2, 0) is 14.8 Å². The van der Waals surface area contributed by atoms with E-state index in [4.69, 9.17) is 9.47 Å². The van der Waals surface area contributed by atoms with Crippen molar-refractivity contribution in [1.29, 1.82) is 0 Å². The standard InChI is InChI=1S/C24H21NO4S2/c26-31(27,20-12-10-19(11-13-20)29-18-6-2-1-3-7-18)25-14-15-28-23(16-25)22-17-30-24-9-5-4-8-21(22)24/h1-13,17,23H,14-16H2/t23-/m0/s1. The molecule has 158 valence electrons. The van der Waals surface area contributed by atoms with E-state index in [-0.39, 0.29) is 11.0 Å². The average Bonchev–Trinajstić information content (AvgIpc) is 3.24. The summed E-state index contributed by atoms with van der Waals surface area (Å²) >= 11 is 1.65. The van der Waals surface area contributed by atoms with E-state index in [1.807, 2.05) is 42.5 Å². The zero-order valence-corrected chi connectivity index (χ0v) is 18.3. The average molecular weight is 452 g/mol. The van der Waals surface area contributed by atoms with E-state index in [1.54, 1.807) is 35.6 Å².